The standard InChI is InChI=1S/C21H15Cl3N4OS/c22-15-4-1-13(2-5-15)21-26-17(12-30-21)10-20(29)27-19-7-8-25-28(19)11-14-3-6-16(23)9-18(14)24/h1-9,12H,10-11H2,(H,27,29). The number of amides is 1. The summed E-state index contributed by atoms with van der Waals surface area (Å²) < 4.78 is 1.67. The van der Waals surface area contributed by atoms with Crippen molar-refractivity contribution in [2.24, 2.45) is 0 Å². The van der Waals surface area contributed by atoms with Gasteiger partial charge in [0.05, 0.1) is 24.9 Å². The van der Waals surface area contributed by atoms with Crippen LogP contribution in [0, 0.1) is 0 Å². The third kappa shape index (κ3) is 5.02. The molecular weight excluding hydrogens is 463 g/mol. The Labute approximate surface area is 192 Å². The SMILES string of the molecule is O=C(Cc1csc(-c2ccc(Cl)cc2)n1)Nc1ccnn1Cc1ccc(Cl)cc1Cl. The molecule has 2 heterocycles. The summed E-state index contributed by atoms with van der Waals surface area (Å²) in [5.74, 6) is 0.408. The quantitative estimate of drug-likeness (QED) is 0.360. The fourth-order valence-electron chi connectivity index (χ4n) is 2.84. The Hall–Kier alpha value is -2.38. The van der Waals surface area contributed by atoms with E-state index in [0.717, 1.165) is 16.1 Å². The predicted octanol–water partition coefficient (Wildman–Crippen LogP) is 6.20. The molecule has 5 nitrogen and oxygen atoms in total. The lowest BCUT2D eigenvalue weighted by Gasteiger charge is -2.10. The van der Waals surface area contributed by atoms with Gasteiger partial charge in [0.25, 0.3) is 0 Å². The summed E-state index contributed by atoms with van der Waals surface area (Å²) in [6.45, 7) is 0.413. The first kappa shape index (κ1) is 20.9. The van der Waals surface area contributed by atoms with E-state index < -0.39 is 0 Å². The molecule has 0 aliphatic heterocycles. The average molecular weight is 478 g/mol. The van der Waals surface area contributed by atoms with Crippen molar-refractivity contribution in [3.63, 3.8) is 0 Å². The summed E-state index contributed by atoms with van der Waals surface area (Å²) in [6, 6.07) is 14.5. The Morgan fingerprint density at radius 2 is 1.80 bits per heavy atom. The molecule has 0 saturated heterocycles. The summed E-state index contributed by atoms with van der Waals surface area (Å²) in [7, 11) is 0. The van der Waals surface area contributed by atoms with Crippen molar-refractivity contribution in [3.05, 3.63) is 86.4 Å². The van der Waals surface area contributed by atoms with E-state index >= 15 is 0 Å². The van der Waals surface area contributed by atoms with Crippen LogP contribution in [0.1, 0.15) is 11.3 Å². The van der Waals surface area contributed by atoms with E-state index in [1.165, 1.54) is 11.3 Å². The van der Waals surface area contributed by atoms with Crippen LogP contribution in [0.3, 0.4) is 0 Å². The molecule has 0 atom stereocenters. The minimum atomic E-state index is -0.174. The van der Waals surface area contributed by atoms with Crippen LogP contribution in [0.4, 0.5) is 5.82 Å². The van der Waals surface area contributed by atoms with Gasteiger partial charge >= 0.3 is 0 Å². The number of halogens is 3. The van der Waals surface area contributed by atoms with E-state index in [4.69, 9.17) is 34.8 Å². The van der Waals surface area contributed by atoms with Gasteiger partial charge in [-0.05, 0) is 29.8 Å². The number of anilines is 1. The number of benzene rings is 2. The summed E-state index contributed by atoms with van der Waals surface area (Å²) in [4.78, 5) is 17.1. The van der Waals surface area contributed by atoms with Gasteiger partial charge < -0.3 is 5.32 Å². The van der Waals surface area contributed by atoms with Gasteiger partial charge in [-0.1, -0.05) is 53.0 Å². The third-order valence-corrected chi connectivity index (χ3v) is 6.08. The van der Waals surface area contributed by atoms with E-state index in [2.05, 4.69) is 15.4 Å². The third-order valence-electron chi connectivity index (χ3n) is 4.30. The maximum Gasteiger partial charge on any atom is 0.231 e. The summed E-state index contributed by atoms with van der Waals surface area (Å²) in [6.07, 6.45) is 1.79. The number of carbonyl (C=O) groups is 1. The first-order valence-electron chi connectivity index (χ1n) is 8.94. The van der Waals surface area contributed by atoms with E-state index in [0.29, 0.717) is 33.1 Å². The van der Waals surface area contributed by atoms with Crippen molar-refractivity contribution < 1.29 is 4.79 Å². The number of rotatable bonds is 6. The zero-order valence-corrected chi connectivity index (χ0v) is 18.6. The molecule has 4 rings (SSSR count). The smallest absolute Gasteiger partial charge is 0.231 e. The van der Waals surface area contributed by atoms with Gasteiger partial charge in [-0.2, -0.15) is 5.10 Å². The van der Waals surface area contributed by atoms with Crippen molar-refractivity contribution >= 4 is 57.9 Å². The molecule has 2 aromatic heterocycles. The van der Waals surface area contributed by atoms with Gasteiger partial charge in [0.2, 0.25) is 5.91 Å². The minimum absolute atomic E-state index is 0.164. The summed E-state index contributed by atoms with van der Waals surface area (Å²) in [5.41, 5.74) is 2.52. The zero-order valence-electron chi connectivity index (χ0n) is 15.5. The molecule has 0 saturated carbocycles. The predicted molar refractivity (Wildman–Crippen MR) is 123 cm³/mol. The molecule has 0 radical (unpaired) electrons. The Morgan fingerprint density at radius 1 is 1.03 bits per heavy atom. The first-order chi connectivity index (χ1) is 14.5. The molecule has 152 valence electrons. The molecule has 0 bridgehead atoms. The number of nitrogens with one attached hydrogen (secondary N) is 1. The summed E-state index contributed by atoms with van der Waals surface area (Å²) >= 11 is 19.6. The molecule has 1 amide bonds. The molecule has 9 heteroatoms. The number of thiazole rings is 1. The maximum absolute atomic E-state index is 12.5. The fraction of sp³-hybridized carbons (Fsp3) is 0.0952. The molecule has 0 aliphatic rings. The highest BCUT2D eigenvalue weighted by Gasteiger charge is 2.13. The molecule has 0 unspecified atom stereocenters. The van der Waals surface area contributed by atoms with Crippen LogP contribution < -0.4 is 5.32 Å². The second kappa shape index (κ2) is 9.18. The van der Waals surface area contributed by atoms with Gasteiger partial charge in [-0.3, -0.25) is 4.79 Å². The van der Waals surface area contributed by atoms with Crippen molar-refractivity contribution in [2.45, 2.75) is 13.0 Å². The highest BCUT2D eigenvalue weighted by atomic mass is 35.5. The Kier molecular flexibility index (Phi) is 6.39. The molecule has 2 aromatic carbocycles. The van der Waals surface area contributed by atoms with Crippen molar-refractivity contribution in [1.82, 2.24) is 14.8 Å². The highest BCUT2D eigenvalue weighted by Crippen LogP contribution is 2.26. The topological polar surface area (TPSA) is 59.8 Å². The average Bonchev–Trinajstić information content (AvgIpc) is 3.34. The van der Waals surface area contributed by atoms with Crippen LogP contribution in [0.15, 0.2) is 60.1 Å². The van der Waals surface area contributed by atoms with Crippen molar-refractivity contribution in [2.75, 3.05) is 5.32 Å². The van der Waals surface area contributed by atoms with Gasteiger partial charge in [-0.15, -0.1) is 11.3 Å². The van der Waals surface area contributed by atoms with Crippen LogP contribution in [-0.2, 0) is 17.8 Å². The van der Waals surface area contributed by atoms with Crippen molar-refractivity contribution in [3.8, 4) is 10.6 Å². The lowest BCUT2D eigenvalue weighted by Crippen LogP contribution is -2.18. The monoisotopic (exact) mass is 476 g/mol. The molecular formula is C21H15Cl3N4OS. The van der Waals surface area contributed by atoms with Crippen LogP contribution in [-0.4, -0.2) is 20.7 Å². The number of hydrogen-bond donors (Lipinski definition) is 1. The lowest BCUT2D eigenvalue weighted by molar-refractivity contribution is -0.115. The van der Waals surface area contributed by atoms with Gasteiger partial charge in [0.15, 0.2) is 0 Å². The number of nitrogens with zero attached hydrogens (tertiary/aromatic N) is 3. The molecule has 0 spiro atoms. The van der Waals surface area contributed by atoms with Crippen molar-refractivity contribution in [1.29, 1.82) is 0 Å². The van der Waals surface area contributed by atoms with Crippen LogP contribution >= 0.6 is 46.1 Å². The van der Waals surface area contributed by atoms with Gasteiger partial charge in [0, 0.05) is 32.1 Å². The largest absolute Gasteiger partial charge is 0.311 e. The van der Waals surface area contributed by atoms with Crippen LogP contribution in [0.25, 0.3) is 10.6 Å². The maximum atomic E-state index is 12.5. The molecule has 0 aliphatic carbocycles. The molecule has 4 aromatic rings. The Balaban J connectivity index is 1.42. The highest BCUT2D eigenvalue weighted by molar-refractivity contribution is 7.13. The normalized spacial score (nSPS) is 10.9. The van der Waals surface area contributed by atoms with E-state index in [-0.39, 0.29) is 12.3 Å². The zero-order chi connectivity index (χ0) is 21.1. The van der Waals surface area contributed by atoms with E-state index in [1.807, 2.05) is 35.7 Å². The Bertz CT molecular complexity index is 1190. The fourth-order valence-corrected chi connectivity index (χ4v) is 4.26. The number of hydrogen-bond acceptors (Lipinski definition) is 4. The number of carbonyl (C=O) groups excluding carboxylic acids is 1. The summed E-state index contributed by atoms with van der Waals surface area (Å²) in [5, 5.41) is 11.7. The minimum Gasteiger partial charge on any atom is -0.311 e. The molecule has 0 fully saturated rings. The second-order valence-electron chi connectivity index (χ2n) is 6.49. The molecule has 1 N–H and O–H groups in total. The number of aromatic nitrogens is 3. The van der Waals surface area contributed by atoms with Gasteiger partial charge in [-0.25, -0.2) is 9.67 Å². The lowest BCUT2D eigenvalue weighted by atomic mass is 10.2. The van der Waals surface area contributed by atoms with Crippen LogP contribution in [0.5, 0.6) is 0 Å². The van der Waals surface area contributed by atoms with E-state index in [1.54, 1.807) is 29.1 Å². The first-order valence-corrected chi connectivity index (χ1v) is 11.0. The van der Waals surface area contributed by atoms with Gasteiger partial charge in [0.1, 0.15) is 10.8 Å². The van der Waals surface area contributed by atoms with E-state index in [9.17, 15) is 4.79 Å². The molecule has 30 heavy (non-hydrogen) atoms. The van der Waals surface area contributed by atoms with Crippen LogP contribution in [0.2, 0.25) is 15.1 Å². The Morgan fingerprint density at radius 3 is 2.57 bits per heavy atom. The second-order valence-corrected chi connectivity index (χ2v) is 8.62.